The van der Waals surface area contributed by atoms with Gasteiger partial charge in [-0.3, -0.25) is 4.99 Å². The fourth-order valence-corrected chi connectivity index (χ4v) is 3.83. The molecule has 0 saturated carbocycles. The molecule has 0 radical (unpaired) electrons. The number of para-hydroxylation sites is 2. The van der Waals surface area contributed by atoms with Crippen molar-refractivity contribution in [2.45, 2.75) is 12.5 Å². The van der Waals surface area contributed by atoms with Crippen LogP contribution in [-0.4, -0.2) is 5.97 Å². The predicted octanol–water partition coefficient (Wildman–Crippen LogP) is 3.53. The molecule has 0 amide bonds. The average Bonchev–Trinajstić information content (AvgIpc) is 3.05. The van der Waals surface area contributed by atoms with E-state index in [9.17, 15) is 4.79 Å². The van der Waals surface area contributed by atoms with E-state index in [1.54, 1.807) is 5.01 Å². The number of nitrogens with one attached hydrogen (secondary N) is 1. The van der Waals surface area contributed by atoms with Crippen LogP contribution >= 0.6 is 15.9 Å². The van der Waals surface area contributed by atoms with Crippen LogP contribution in [0.25, 0.3) is 0 Å². The summed E-state index contributed by atoms with van der Waals surface area (Å²) in [5, 5.41) is 3.16. The average molecular weight is 461 g/mol. The second kappa shape index (κ2) is 7.85. The molecule has 2 heterocycles. The van der Waals surface area contributed by atoms with Gasteiger partial charge in [-0.05, 0) is 42.0 Å². The fourth-order valence-electron chi connectivity index (χ4n) is 3.56. The summed E-state index contributed by atoms with van der Waals surface area (Å²) in [7, 11) is 0. The van der Waals surface area contributed by atoms with Crippen LogP contribution in [-0.2, 0) is 9.63 Å². The van der Waals surface area contributed by atoms with Crippen LogP contribution in [0.5, 0.6) is 0 Å². The third-order valence-electron chi connectivity index (χ3n) is 5.01. The lowest BCUT2D eigenvalue weighted by Crippen LogP contribution is -2.29. The van der Waals surface area contributed by atoms with Crippen LogP contribution in [0.4, 0.5) is 5.69 Å². The van der Waals surface area contributed by atoms with Gasteiger partial charge in [0, 0.05) is 10.9 Å². The molecule has 1 N–H and O–H groups in total. The van der Waals surface area contributed by atoms with Gasteiger partial charge in [0.2, 0.25) is 0 Å². The van der Waals surface area contributed by atoms with Gasteiger partial charge in [-0.25, -0.2) is 14.8 Å². The number of anilines is 1. The van der Waals surface area contributed by atoms with Crippen LogP contribution in [0.2, 0.25) is 0 Å². The van der Waals surface area contributed by atoms with Gasteiger partial charge >= 0.3 is 5.97 Å². The molecule has 1 unspecified atom stereocenters. The Balaban J connectivity index is 1.70. The van der Waals surface area contributed by atoms with Gasteiger partial charge in [-0.2, -0.15) is 0 Å². The van der Waals surface area contributed by atoms with Gasteiger partial charge in [0.1, 0.15) is 0 Å². The second-order valence-electron chi connectivity index (χ2n) is 6.95. The molecule has 0 bridgehead atoms. The zero-order valence-corrected chi connectivity index (χ0v) is 17.4. The molecule has 5 rings (SSSR count). The minimum Gasteiger partial charge on any atom is -0.345 e. The normalized spacial score (nSPS) is 20.6. The first-order valence-corrected chi connectivity index (χ1v) is 10.3. The Hall–Kier alpha value is -3.29. The van der Waals surface area contributed by atoms with Crippen molar-refractivity contribution in [2.24, 2.45) is 9.98 Å². The molecular weight excluding hydrogens is 444 g/mol. The van der Waals surface area contributed by atoms with Crippen molar-refractivity contribution in [2.75, 3.05) is 5.01 Å². The highest BCUT2D eigenvalue weighted by Crippen LogP contribution is 2.32. The van der Waals surface area contributed by atoms with Gasteiger partial charge in [0.15, 0.2) is 5.70 Å². The zero-order valence-electron chi connectivity index (χ0n) is 15.8. The van der Waals surface area contributed by atoms with Crippen molar-refractivity contribution in [3.8, 4) is 0 Å². The number of halogens is 1. The van der Waals surface area contributed by atoms with Crippen molar-refractivity contribution >= 4 is 27.6 Å². The maximum absolute atomic E-state index is 12.7. The fraction of sp³-hybridized carbons (Fsp3) is 0.0870. The molecular formula is C23H17BrN4O2. The van der Waals surface area contributed by atoms with Crippen LogP contribution in [0.15, 0.2) is 105 Å². The minimum atomic E-state index is -0.470. The number of carbonyl (C=O) groups is 1. The first-order chi connectivity index (χ1) is 14.7. The zero-order chi connectivity index (χ0) is 20.5. The van der Waals surface area contributed by atoms with E-state index in [2.05, 4.69) is 21.5 Å². The van der Waals surface area contributed by atoms with Crippen molar-refractivity contribution in [1.82, 2.24) is 5.59 Å². The van der Waals surface area contributed by atoms with Crippen LogP contribution in [0.1, 0.15) is 18.0 Å². The quantitative estimate of drug-likeness (QED) is 0.594. The van der Waals surface area contributed by atoms with E-state index >= 15 is 0 Å². The number of fused-ring (bicyclic) bond motifs is 1. The molecule has 1 fully saturated rings. The highest BCUT2D eigenvalue weighted by Gasteiger charge is 2.34. The van der Waals surface area contributed by atoms with E-state index in [0.29, 0.717) is 17.8 Å². The first kappa shape index (κ1) is 18.7. The molecule has 0 aliphatic carbocycles. The lowest BCUT2D eigenvalue weighted by molar-refractivity contribution is -0.140. The number of hydrogen-bond donors (Lipinski definition) is 1. The molecule has 148 valence electrons. The SMILES string of the molecule is O=C1ONN(c2ccc(Br)cc2)C1=C1CC(c2ccccc2)N=c2ccccc2=N1. The number of carbonyl (C=O) groups excluding carboxylic acids is 1. The summed E-state index contributed by atoms with van der Waals surface area (Å²) in [6.45, 7) is 0. The van der Waals surface area contributed by atoms with Crippen molar-refractivity contribution in [1.29, 1.82) is 0 Å². The number of nitrogens with zero attached hydrogens (tertiary/aromatic N) is 3. The topological polar surface area (TPSA) is 66.3 Å². The molecule has 2 aliphatic heterocycles. The Labute approximate surface area is 181 Å². The van der Waals surface area contributed by atoms with Gasteiger partial charge < -0.3 is 4.84 Å². The van der Waals surface area contributed by atoms with Crippen molar-refractivity contribution < 1.29 is 9.63 Å². The van der Waals surface area contributed by atoms with Crippen LogP contribution in [0.3, 0.4) is 0 Å². The summed E-state index contributed by atoms with van der Waals surface area (Å²) in [5.41, 5.74) is 5.53. The maximum atomic E-state index is 12.7. The Morgan fingerprint density at radius 2 is 1.63 bits per heavy atom. The summed E-state index contributed by atoms with van der Waals surface area (Å²) in [6, 6.07) is 25.2. The van der Waals surface area contributed by atoms with Crippen molar-refractivity contribution in [3.05, 3.63) is 111 Å². The van der Waals surface area contributed by atoms with E-state index < -0.39 is 5.97 Å². The van der Waals surface area contributed by atoms with Gasteiger partial charge in [-0.15, -0.1) is 0 Å². The lowest BCUT2D eigenvalue weighted by atomic mass is 10.0. The van der Waals surface area contributed by atoms with Gasteiger partial charge in [-0.1, -0.05) is 64.0 Å². The smallest absolute Gasteiger partial charge is 0.345 e. The summed E-state index contributed by atoms with van der Waals surface area (Å²) in [4.78, 5) is 27.6. The van der Waals surface area contributed by atoms with E-state index in [0.717, 1.165) is 26.4 Å². The molecule has 2 aliphatic rings. The molecule has 30 heavy (non-hydrogen) atoms. The molecule has 1 atom stereocenters. The monoisotopic (exact) mass is 460 g/mol. The molecule has 0 spiro atoms. The number of rotatable bonds is 2. The molecule has 3 aromatic rings. The van der Waals surface area contributed by atoms with E-state index in [4.69, 9.17) is 14.8 Å². The largest absolute Gasteiger partial charge is 0.378 e. The van der Waals surface area contributed by atoms with Gasteiger partial charge in [0.05, 0.1) is 28.1 Å². The standard InChI is InChI=1S/C23H17BrN4O2/c24-16-10-12-17(13-11-16)28-22(23(29)30-27-28)21-14-20(15-6-2-1-3-7-15)25-18-8-4-5-9-19(18)26-21/h1-13,20,27H,14H2. The Morgan fingerprint density at radius 1 is 0.933 bits per heavy atom. The third kappa shape index (κ3) is 3.53. The van der Waals surface area contributed by atoms with E-state index in [1.165, 1.54) is 0 Å². The number of hydrazine groups is 1. The Bertz CT molecular complexity index is 1260. The molecule has 6 nitrogen and oxygen atoms in total. The molecule has 0 aromatic heterocycles. The summed E-state index contributed by atoms with van der Waals surface area (Å²) in [5.74, 6) is -0.470. The first-order valence-electron chi connectivity index (χ1n) is 9.51. The highest BCUT2D eigenvalue weighted by atomic mass is 79.9. The Kier molecular flexibility index (Phi) is 4.90. The van der Waals surface area contributed by atoms with E-state index in [-0.39, 0.29) is 6.04 Å². The molecule has 3 aromatic carbocycles. The van der Waals surface area contributed by atoms with Crippen LogP contribution < -0.4 is 21.3 Å². The third-order valence-corrected chi connectivity index (χ3v) is 5.54. The summed E-state index contributed by atoms with van der Waals surface area (Å²) >= 11 is 3.44. The summed E-state index contributed by atoms with van der Waals surface area (Å²) in [6.07, 6.45) is 0.470. The maximum Gasteiger partial charge on any atom is 0.378 e. The molecule has 1 saturated heterocycles. The van der Waals surface area contributed by atoms with E-state index in [1.807, 2.05) is 78.9 Å². The second-order valence-corrected chi connectivity index (χ2v) is 7.86. The lowest BCUT2D eigenvalue weighted by Gasteiger charge is -2.18. The van der Waals surface area contributed by atoms with Crippen molar-refractivity contribution in [3.63, 3.8) is 0 Å². The molecule has 7 heteroatoms. The van der Waals surface area contributed by atoms with Gasteiger partial charge in [0.25, 0.3) is 0 Å². The van der Waals surface area contributed by atoms with Crippen LogP contribution in [0, 0.1) is 0 Å². The number of hydrogen-bond acceptors (Lipinski definition) is 6. The summed E-state index contributed by atoms with van der Waals surface area (Å²) < 4.78 is 0.947. The minimum absolute atomic E-state index is 0.165. The highest BCUT2D eigenvalue weighted by molar-refractivity contribution is 9.10. The Morgan fingerprint density at radius 3 is 2.40 bits per heavy atom. The predicted molar refractivity (Wildman–Crippen MR) is 115 cm³/mol. The number of benzene rings is 3.